The number of rotatable bonds is 6. The first-order valence-electron chi connectivity index (χ1n) is 8.47. The Kier molecular flexibility index (Phi) is 6.71. The number of methoxy groups -OCH3 is 1. The third-order valence-electron chi connectivity index (χ3n) is 4.55. The van der Waals surface area contributed by atoms with Gasteiger partial charge in [-0.2, -0.15) is 4.31 Å². The normalized spacial score (nSPS) is 18.8. The summed E-state index contributed by atoms with van der Waals surface area (Å²) in [6.07, 6.45) is 1.35. The molecule has 0 bridgehead atoms. The molecule has 1 amide bonds. The largest absolute Gasteiger partial charge is 0.495 e. The number of piperidine rings is 1. The molecule has 1 saturated heterocycles. The van der Waals surface area contributed by atoms with Crippen LogP contribution in [0.1, 0.15) is 26.7 Å². The molecule has 0 spiro atoms. The van der Waals surface area contributed by atoms with Crippen molar-refractivity contribution in [2.24, 2.45) is 5.92 Å². The predicted octanol–water partition coefficient (Wildman–Crippen LogP) is 2.62. The molecule has 1 heterocycles. The average molecular weight is 389 g/mol. The minimum atomic E-state index is -3.78. The third kappa shape index (κ3) is 4.27. The number of halogens is 1. The van der Waals surface area contributed by atoms with Crippen LogP contribution in [0.25, 0.3) is 0 Å². The highest BCUT2D eigenvalue weighted by molar-refractivity contribution is 7.89. The van der Waals surface area contributed by atoms with Crippen molar-refractivity contribution in [2.75, 3.05) is 33.3 Å². The van der Waals surface area contributed by atoms with Gasteiger partial charge in [0.15, 0.2) is 0 Å². The number of carbonyl (C=O) groups is 1. The van der Waals surface area contributed by atoms with Gasteiger partial charge in [0.25, 0.3) is 0 Å². The smallest absolute Gasteiger partial charge is 0.246 e. The SMILES string of the molecule is CCN(CC)C(=O)C1CCCN(S(=O)(=O)c2cc(Cl)ccc2OC)C1. The Morgan fingerprint density at radius 1 is 1.36 bits per heavy atom. The number of benzene rings is 1. The van der Waals surface area contributed by atoms with Crippen LogP contribution in [0.2, 0.25) is 5.02 Å². The van der Waals surface area contributed by atoms with Crippen LogP contribution >= 0.6 is 11.6 Å². The van der Waals surface area contributed by atoms with Crippen LogP contribution in [0.15, 0.2) is 23.1 Å². The summed E-state index contributed by atoms with van der Waals surface area (Å²) in [6, 6.07) is 4.52. The van der Waals surface area contributed by atoms with Gasteiger partial charge in [-0.05, 0) is 44.9 Å². The van der Waals surface area contributed by atoms with Crippen LogP contribution in [0.4, 0.5) is 0 Å². The standard InChI is InChI=1S/C17H25ClN2O4S/c1-4-19(5-2)17(21)13-7-6-10-20(12-13)25(22,23)16-11-14(18)8-9-15(16)24-3/h8-9,11,13H,4-7,10,12H2,1-3H3. The van der Waals surface area contributed by atoms with Gasteiger partial charge < -0.3 is 9.64 Å². The average Bonchev–Trinajstić information content (AvgIpc) is 2.62. The van der Waals surface area contributed by atoms with E-state index in [1.54, 1.807) is 11.0 Å². The van der Waals surface area contributed by atoms with E-state index in [0.717, 1.165) is 0 Å². The number of amides is 1. The minimum Gasteiger partial charge on any atom is -0.495 e. The van der Waals surface area contributed by atoms with Gasteiger partial charge in [-0.3, -0.25) is 4.79 Å². The minimum absolute atomic E-state index is 0.0166. The van der Waals surface area contributed by atoms with Crippen molar-refractivity contribution >= 4 is 27.5 Å². The molecule has 25 heavy (non-hydrogen) atoms. The molecule has 1 aliphatic heterocycles. The zero-order valence-corrected chi connectivity index (χ0v) is 16.4. The number of nitrogens with zero attached hydrogens (tertiary/aromatic N) is 2. The quantitative estimate of drug-likeness (QED) is 0.751. The summed E-state index contributed by atoms with van der Waals surface area (Å²) in [6.45, 7) is 5.68. The van der Waals surface area contributed by atoms with Crippen LogP contribution in [-0.2, 0) is 14.8 Å². The molecule has 1 aromatic rings. The van der Waals surface area contributed by atoms with E-state index in [0.29, 0.717) is 37.5 Å². The first kappa shape index (κ1) is 20.0. The first-order valence-corrected chi connectivity index (χ1v) is 10.3. The van der Waals surface area contributed by atoms with Crippen molar-refractivity contribution < 1.29 is 17.9 Å². The fraction of sp³-hybridized carbons (Fsp3) is 0.588. The predicted molar refractivity (Wildman–Crippen MR) is 97.4 cm³/mol. The molecule has 8 heteroatoms. The van der Waals surface area contributed by atoms with Crippen molar-refractivity contribution in [2.45, 2.75) is 31.6 Å². The van der Waals surface area contributed by atoms with Crippen molar-refractivity contribution in [1.82, 2.24) is 9.21 Å². The summed E-state index contributed by atoms with van der Waals surface area (Å²) in [5.41, 5.74) is 0. The second-order valence-corrected chi connectivity index (χ2v) is 8.35. The molecule has 0 aliphatic carbocycles. The zero-order chi connectivity index (χ0) is 18.6. The lowest BCUT2D eigenvalue weighted by atomic mass is 9.98. The van der Waals surface area contributed by atoms with Crippen LogP contribution in [0.5, 0.6) is 5.75 Å². The second kappa shape index (κ2) is 8.38. The molecule has 1 aromatic carbocycles. The fourth-order valence-electron chi connectivity index (χ4n) is 3.15. The Hall–Kier alpha value is -1.31. The van der Waals surface area contributed by atoms with Gasteiger partial charge in [-0.1, -0.05) is 11.6 Å². The maximum Gasteiger partial charge on any atom is 0.246 e. The van der Waals surface area contributed by atoms with Crippen LogP contribution in [0.3, 0.4) is 0 Å². The molecule has 0 N–H and O–H groups in total. The van der Waals surface area contributed by atoms with Gasteiger partial charge >= 0.3 is 0 Å². The Morgan fingerprint density at radius 2 is 2.04 bits per heavy atom. The second-order valence-electron chi connectivity index (χ2n) is 6.01. The van der Waals surface area contributed by atoms with E-state index >= 15 is 0 Å². The number of carbonyl (C=O) groups excluding carboxylic acids is 1. The summed E-state index contributed by atoms with van der Waals surface area (Å²) in [5, 5.41) is 0.326. The third-order valence-corrected chi connectivity index (χ3v) is 6.67. The van der Waals surface area contributed by atoms with E-state index in [1.807, 2.05) is 13.8 Å². The van der Waals surface area contributed by atoms with Crippen molar-refractivity contribution in [1.29, 1.82) is 0 Å². The van der Waals surface area contributed by atoms with Gasteiger partial charge in [0, 0.05) is 31.2 Å². The molecular weight excluding hydrogens is 364 g/mol. The Labute approximate surface area is 154 Å². The highest BCUT2D eigenvalue weighted by Crippen LogP contribution is 2.32. The number of ether oxygens (including phenoxy) is 1. The fourth-order valence-corrected chi connectivity index (χ4v) is 5.09. The summed E-state index contributed by atoms with van der Waals surface area (Å²) >= 11 is 5.98. The molecular formula is C17H25ClN2O4S. The van der Waals surface area contributed by atoms with Crippen molar-refractivity contribution in [3.8, 4) is 5.75 Å². The van der Waals surface area contributed by atoms with Crippen molar-refractivity contribution in [3.05, 3.63) is 23.2 Å². The van der Waals surface area contributed by atoms with E-state index in [1.165, 1.54) is 23.5 Å². The van der Waals surface area contributed by atoms with Crippen LogP contribution < -0.4 is 4.74 Å². The zero-order valence-electron chi connectivity index (χ0n) is 14.9. The summed E-state index contributed by atoms with van der Waals surface area (Å²) < 4.78 is 32.7. The Bertz CT molecular complexity index is 719. The maximum absolute atomic E-state index is 13.1. The molecule has 1 atom stereocenters. The lowest BCUT2D eigenvalue weighted by molar-refractivity contribution is -0.136. The van der Waals surface area contributed by atoms with E-state index in [4.69, 9.17) is 16.3 Å². The number of sulfonamides is 1. The van der Waals surface area contributed by atoms with E-state index in [2.05, 4.69) is 0 Å². The molecule has 0 radical (unpaired) electrons. The number of hydrogen-bond donors (Lipinski definition) is 0. The number of hydrogen-bond acceptors (Lipinski definition) is 4. The molecule has 1 aliphatic rings. The molecule has 1 unspecified atom stereocenters. The molecule has 140 valence electrons. The van der Waals surface area contributed by atoms with Gasteiger partial charge in [0.05, 0.1) is 13.0 Å². The Morgan fingerprint density at radius 3 is 2.64 bits per heavy atom. The lowest BCUT2D eigenvalue weighted by Gasteiger charge is -2.34. The first-order chi connectivity index (χ1) is 11.8. The van der Waals surface area contributed by atoms with Crippen LogP contribution in [0, 0.1) is 5.92 Å². The molecule has 1 fully saturated rings. The topological polar surface area (TPSA) is 66.9 Å². The van der Waals surface area contributed by atoms with E-state index < -0.39 is 10.0 Å². The van der Waals surface area contributed by atoms with Crippen molar-refractivity contribution in [3.63, 3.8) is 0 Å². The summed E-state index contributed by atoms with van der Waals surface area (Å²) in [5.74, 6) is -0.0434. The molecule has 6 nitrogen and oxygen atoms in total. The highest BCUT2D eigenvalue weighted by Gasteiger charge is 2.36. The maximum atomic E-state index is 13.1. The van der Waals surface area contributed by atoms with Crippen LogP contribution in [-0.4, -0.2) is 56.8 Å². The van der Waals surface area contributed by atoms with E-state index in [-0.39, 0.29) is 29.0 Å². The van der Waals surface area contributed by atoms with Gasteiger partial charge in [0.2, 0.25) is 15.9 Å². The summed E-state index contributed by atoms with van der Waals surface area (Å²) in [4.78, 5) is 14.4. The Balaban J connectivity index is 2.28. The monoisotopic (exact) mass is 388 g/mol. The highest BCUT2D eigenvalue weighted by atomic mass is 35.5. The molecule has 0 aromatic heterocycles. The lowest BCUT2D eigenvalue weighted by Crippen LogP contribution is -2.46. The van der Waals surface area contributed by atoms with E-state index in [9.17, 15) is 13.2 Å². The summed E-state index contributed by atoms with van der Waals surface area (Å²) in [7, 11) is -2.36. The molecule has 2 rings (SSSR count). The van der Waals surface area contributed by atoms with Gasteiger partial charge in [-0.25, -0.2) is 8.42 Å². The van der Waals surface area contributed by atoms with Gasteiger partial charge in [0.1, 0.15) is 10.6 Å². The van der Waals surface area contributed by atoms with Gasteiger partial charge in [-0.15, -0.1) is 0 Å². The molecule has 0 saturated carbocycles.